The highest BCUT2D eigenvalue weighted by Crippen LogP contribution is 2.25. The van der Waals surface area contributed by atoms with Crippen LogP contribution in [0.25, 0.3) is 0 Å². The van der Waals surface area contributed by atoms with Gasteiger partial charge in [-0.3, -0.25) is 9.59 Å². The highest BCUT2D eigenvalue weighted by atomic mass is 32.2. The van der Waals surface area contributed by atoms with Crippen molar-refractivity contribution >= 4 is 27.5 Å². The average Bonchev–Trinajstić information content (AvgIpc) is 2.68. The molecule has 0 bridgehead atoms. The molecule has 3 rings (SSSR count). The van der Waals surface area contributed by atoms with Gasteiger partial charge < -0.3 is 5.32 Å². The molecule has 1 aliphatic heterocycles. The maximum absolute atomic E-state index is 12.8. The number of pyridine rings is 1. The molecule has 0 radical (unpaired) electrons. The first-order chi connectivity index (χ1) is 13.3. The van der Waals surface area contributed by atoms with E-state index in [4.69, 9.17) is 0 Å². The summed E-state index contributed by atoms with van der Waals surface area (Å²) in [6.07, 6.45) is 2.53. The number of carbonyl (C=O) groups excluding carboxylic acids is 2. The van der Waals surface area contributed by atoms with Crippen LogP contribution < -0.4 is 5.32 Å². The fourth-order valence-electron chi connectivity index (χ4n) is 3.20. The predicted molar refractivity (Wildman–Crippen MR) is 106 cm³/mol. The molecule has 7 nitrogen and oxygen atoms in total. The lowest BCUT2D eigenvalue weighted by Gasteiger charge is -2.30. The Bertz CT molecular complexity index is 979. The van der Waals surface area contributed by atoms with Crippen molar-refractivity contribution in [1.29, 1.82) is 0 Å². The lowest BCUT2D eigenvalue weighted by molar-refractivity contribution is -0.120. The first-order valence-electron chi connectivity index (χ1n) is 9.12. The van der Waals surface area contributed by atoms with Crippen molar-refractivity contribution in [3.8, 4) is 0 Å². The quantitative estimate of drug-likeness (QED) is 0.777. The number of sulfonamides is 1. The van der Waals surface area contributed by atoms with E-state index in [2.05, 4.69) is 10.3 Å². The van der Waals surface area contributed by atoms with Gasteiger partial charge in [-0.2, -0.15) is 4.31 Å². The Morgan fingerprint density at radius 3 is 2.32 bits per heavy atom. The molecular formula is C20H23N3O4S. The van der Waals surface area contributed by atoms with Crippen LogP contribution in [0.3, 0.4) is 0 Å². The summed E-state index contributed by atoms with van der Waals surface area (Å²) < 4.78 is 27.0. The number of aryl methyl sites for hydroxylation is 1. The summed E-state index contributed by atoms with van der Waals surface area (Å²) in [6.45, 7) is 3.90. The van der Waals surface area contributed by atoms with Crippen LogP contribution in [-0.2, 0) is 14.8 Å². The number of piperidine rings is 1. The van der Waals surface area contributed by atoms with Gasteiger partial charge in [0.1, 0.15) is 5.82 Å². The highest BCUT2D eigenvalue weighted by Gasteiger charge is 2.32. The van der Waals surface area contributed by atoms with Gasteiger partial charge in [0.25, 0.3) is 0 Å². The Hall–Kier alpha value is -2.58. The van der Waals surface area contributed by atoms with Gasteiger partial charge in [-0.05, 0) is 56.5 Å². The normalized spacial score (nSPS) is 15.9. The predicted octanol–water partition coefficient (Wildman–Crippen LogP) is 2.63. The molecule has 0 spiro atoms. The first-order valence-corrected chi connectivity index (χ1v) is 10.6. The van der Waals surface area contributed by atoms with Crippen molar-refractivity contribution < 1.29 is 18.0 Å². The van der Waals surface area contributed by atoms with Gasteiger partial charge >= 0.3 is 0 Å². The fourth-order valence-corrected chi connectivity index (χ4v) is 4.67. The molecule has 1 aromatic carbocycles. The van der Waals surface area contributed by atoms with Crippen molar-refractivity contribution in [3.63, 3.8) is 0 Å². The molecule has 2 aromatic rings. The Morgan fingerprint density at radius 1 is 1.11 bits per heavy atom. The molecule has 1 amide bonds. The van der Waals surface area contributed by atoms with E-state index in [0.717, 1.165) is 5.56 Å². The highest BCUT2D eigenvalue weighted by molar-refractivity contribution is 7.89. The number of nitrogens with one attached hydrogen (secondary N) is 1. The third kappa shape index (κ3) is 4.45. The largest absolute Gasteiger partial charge is 0.310 e. The molecule has 0 atom stereocenters. The summed E-state index contributed by atoms with van der Waals surface area (Å²) >= 11 is 0. The summed E-state index contributed by atoms with van der Waals surface area (Å²) in [5, 5.41) is 2.80. The number of hydrogen-bond donors (Lipinski definition) is 1. The molecule has 1 fully saturated rings. The third-order valence-corrected chi connectivity index (χ3v) is 6.80. The molecule has 0 saturated carbocycles. The zero-order chi connectivity index (χ0) is 20.3. The number of rotatable bonds is 5. The topological polar surface area (TPSA) is 96.4 Å². The summed E-state index contributed by atoms with van der Waals surface area (Å²) in [4.78, 5) is 28.1. The first kappa shape index (κ1) is 20.2. The van der Waals surface area contributed by atoms with Gasteiger partial charge in [-0.15, -0.1) is 0 Å². The smallest absolute Gasteiger partial charge is 0.243 e. The monoisotopic (exact) mass is 401 g/mol. The Balaban J connectivity index is 1.62. The van der Waals surface area contributed by atoms with E-state index in [1.54, 1.807) is 12.3 Å². The van der Waals surface area contributed by atoms with Gasteiger partial charge in [0.2, 0.25) is 15.9 Å². The van der Waals surface area contributed by atoms with Crippen molar-refractivity contribution in [3.05, 3.63) is 53.7 Å². The number of anilines is 1. The molecule has 0 aliphatic carbocycles. The molecule has 1 aliphatic rings. The van der Waals surface area contributed by atoms with Crippen LogP contribution >= 0.6 is 0 Å². The van der Waals surface area contributed by atoms with Gasteiger partial charge in [0.15, 0.2) is 5.78 Å². The lowest BCUT2D eigenvalue weighted by atomic mass is 9.97. The van der Waals surface area contributed by atoms with E-state index in [1.807, 2.05) is 13.0 Å². The van der Waals surface area contributed by atoms with Crippen LogP contribution in [-0.4, -0.2) is 42.5 Å². The summed E-state index contributed by atoms with van der Waals surface area (Å²) in [7, 11) is -3.64. The number of amides is 1. The van der Waals surface area contributed by atoms with Crippen molar-refractivity contribution in [2.24, 2.45) is 5.92 Å². The number of hydrogen-bond acceptors (Lipinski definition) is 5. The SMILES string of the molecule is CC(=O)c1ccc(S(=O)(=O)N2CCC(C(=O)Nc3cc(C)ccn3)CC2)cc1. The second-order valence-corrected chi connectivity index (χ2v) is 8.90. The summed E-state index contributed by atoms with van der Waals surface area (Å²) in [5.74, 6) is -0.000651. The van der Waals surface area contributed by atoms with Crippen LogP contribution in [0.4, 0.5) is 5.82 Å². The molecule has 8 heteroatoms. The fraction of sp³-hybridized carbons (Fsp3) is 0.350. The van der Waals surface area contributed by atoms with Crippen LogP contribution in [0.5, 0.6) is 0 Å². The van der Waals surface area contributed by atoms with E-state index in [-0.39, 0.29) is 35.6 Å². The number of benzene rings is 1. The van der Waals surface area contributed by atoms with Crippen molar-refractivity contribution in [2.45, 2.75) is 31.6 Å². The van der Waals surface area contributed by atoms with E-state index in [1.165, 1.54) is 35.5 Å². The molecule has 2 heterocycles. The van der Waals surface area contributed by atoms with Gasteiger partial charge in [0, 0.05) is 30.8 Å². The van der Waals surface area contributed by atoms with Crippen molar-refractivity contribution in [1.82, 2.24) is 9.29 Å². The summed E-state index contributed by atoms with van der Waals surface area (Å²) in [6, 6.07) is 9.58. The molecule has 1 saturated heterocycles. The summed E-state index contributed by atoms with van der Waals surface area (Å²) in [5.41, 5.74) is 1.47. The zero-order valence-corrected chi connectivity index (χ0v) is 16.7. The average molecular weight is 401 g/mol. The number of nitrogens with zero attached hydrogens (tertiary/aromatic N) is 2. The van der Waals surface area contributed by atoms with Crippen LogP contribution in [0.15, 0.2) is 47.5 Å². The van der Waals surface area contributed by atoms with E-state index in [9.17, 15) is 18.0 Å². The van der Waals surface area contributed by atoms with E-state index < -0.39 is 10.0 Å². The molecular weight excluding hydrogens is 378 g/mol. The van der Waals surface area contributed by atoms with Crippen LogP contribution in [0.1, 0.15) is 35.7 Å². The maximum atomic E-state index is 12.8. The van der Waals surface area contributed by atoms with Crippen molar-refractivity contribution in [2.75, 3.05) is 18.4 Å². The van der Waals surface area contributed by atoms with Gasteiger partial charge in [-0.25, -0.2) is 13.4 Å². The zero-order valence-electron chi connectivity index (χ0n) is 15.9. The third-order valence-electron chi connectivity index (χ3n) is 4.89. The number of Topliss-reactive ketones (excluding diaryl/α,β-unsaturated/α-hetero) is 1. The standard InChI is InChI=1S/C20H23N3O4S/c1-14-7-10-21-19(13-14)22-20(25)17-8-11-23(12-9-17)28(26,27)18-5-3-16(4-6-18)15(2)24/h3-7,10,13,17H,8-9,11-12H2,1-2H3,(H,21,22,25). The number of carbonyl (C=O) groups is 2. The Labute approximate surface area is 164 Å². The van der Waals surface area contributed by atoms with E-state index >= 15 is 0 Å². The molecule has 1 N–H and O–H groups in total. The van der Waals surface area contributed by atoms with Crippen LogP contribution in [0, 0.1) is 12.8 Å². The Kier molecular flexibility index (Phi) is 5.90. The Morgan fingerprint density at radius 2 is 1.75 bits per heavy atom. The minimum Gasteiger partial charge on any atom is -0.310 e. The molecule has 0 unspecified atom stereocenters. The van der Waals surface area contributed by atoms with Gasteiger partial charge in [0.05, 0.1) is 4.90 Å². The minimum atomic E-state index is -3.64. The van der Waals surface area contributed by atoms with Crippen LogP contribution in [0.2, 0.25) is 0 Å². The number of aromatic nitrogens is 1. The number of ketones is 1. The second-order valence-electron chi connectivity index (χ2n) is 6.97. The molecule has 148 valence electrons. The minimum absolute atomic E-state index is 0.112. The lowest BCUT2D eigenvalue weighted by Crippen LogP contribution is -2.41. The second kappa shape index (κ2) is 8.20. The molecule has 1 aromatic heterocycles. The maximum Gasteiger partial charge on any atom is 0.243 e. The van der Waals surface area contributed by atoms with Gasteiger partial charge in [-0.1, -0.05) is 12.1 Å². The molecule has 28 heavy (non-hydrogen) atoms. The van der Waals surface area contributed by atoms with E-state index in [0.29, 0.717) is 24.2 Å².